The van der Waals surface area contributed by atoms with Gasteiger partial charge in [-0.3, -0.25) is 0 Å². The summed E-state index contributed by atoms with van der Waals surface area (Å²) in [5.41, 5.74) is 6.45. The van der Waals surface area contributed by atoms with Gasteiger partial charge in [-0.25, -0.2) is 4.39 Å². The third-order valence-corrected chi connectivity index (χ3v) is 1.77. The summed E-state index contributed by atoms with van der Waals surface area (Å²) in [4.78, 5) is 0. The van der Waals surface area contributed by atoms with Gasteiger partial charge in [0.1, 0.15) is 5.82 Å². The summed E-state index contributed by atoms with van der Waals surface area (Å²) in [7, 11) is 0. The van der Waals surface area contributed by atoms with Gasteiger partial charge in [0.15, 0.2) is 0 Å². The first-order valence-corrected chi connectivity index (χ1v) is 4.42. The minimum absolute atomic E-state index is 0.185. The zero-order chi connectivity index (χ0) is 9.52. The van der Waals surface area contributed by atoms with E-state index in [1.807, 2.05) is 6.08 Å². The molecule has 0 spiro atoms. The molecule has 13 heavy (non-hydrogen) atoms. The van der Waals surface area contributed by atoms with Gasteiger partial charge >= 0.3 is 0 Å². The lowest BCUT2D eigenvalue weighted by molar-refractivity contribution is 0.627. The van der Waals surface area contributed by atoms with Crippen molar-refractivity contribution < 1.29 is 4.39 Å². The lowest BCUT2D eigenvalue weighted by atomic mass is 10.1. The molecule has 0 fully saturated rings. The molecular formula is C11H14FN. The topological polar surface area (TPSA) is 26.0 Å². The maximum atomic E-state index is 12.5. The minimum atomic E-state index is -0.185. The van der Waals surface area contributed by atoms with Gasteiger partial charge in [-0.15, -0.1) is 0 Å². The second-order valence-corrected chi connectivity index (χ2v) is 2.88. The standard InChI is InChI=1S/C11H14FN/c12-11-7-5-10(6-8-11)4-2-1-3-9-13/h1-2,5-8H,3-4,9,13H2. The molecule has 0 saturated carbocycles. The van der Waals surface area contributed by atoms with Gasteiger partial charge in [-0.2, -0.15) is 0 Å². The van der Waals surface area contributed by atoms with E-state index in [0.29, 0.717) is 6.54 Å². The van der Waals surface area contributed by atoms with Gasteiger partial charge in [0.25, 0.3) is 0 Å². The second-order valence-electron chi connectivity index (χ2n) is 2.88. The molecule has 1 nitrogen and oxygen atoms in total. The summed E-state index contributed by atoms with van der Waals surface area (Å²) in [6.45, 7) is 0.680. The average molecular weight is 179 g/mol. The number of rotatable bonds is 4. The van der Waals surface area contributed by atoms with Crippen LogP contribution >= 0.6 is 0 Å². The fraction of sp³-hybridized carbons (Fsp3) is 0.273. The highest BCUT2D eigenvalue weighted by Gasteiger charge is 1.89. The predicted octanol–water partition coefficient (Wildman–Crippen LogP) is 2.27. The number of hydrogen-bond donors (Lipinski definition) is 1. The summed E-state index contributed by atoms with van der Waals surface area (Å²) in [5, 5.41) is 0. The van der Waals surface area contributed by atoms with Crippen molar-refractivity contribution in [2.45, 2.75) is 12.8 Å². The minimum Gasteiger partial charge on any atom is -0.330 e. The van der Waals surface area contributed by atoms with Crippen LogP contribution in [0.25, 0.3) is 0 Å². The van der Waals surface area contributed by atoms with Gasteiger partial charge in [0, 0.05) is 0 Å². The van der Waals surface area contributed by atoms with Gasteiger partial charge in [-0.1, -0.05) is 24.3 Å². The normalized spacial score (nSPS) is 10.9. The van der Waals surface area contributed by atoms with E-state index in [9.17, 15) is 4.39 Å². The molecule has 1 aromatic carbocycles. The smallest absolute Gasteiger partial charge is 0.123 e. The van der Waals surface area contributed by atoms with Crippen LogP contribution in [-0.2, 0) is 6.42 Å². The van der Waals surface area contributed by atoms with Crippen LogP contribution in [0.5, 0.6) is 0 Å². The quantitative estimate of drug-likeness (QED) is 0.705. The first-order chi connectivity index (χ1) is 6.33. The molecule has 2 N–H and O–H groups in total. The fourth-order valence-corrected chi connectivity index (χ4v) is 1.05. The molecule has 1 rings (SSSR count). The van der Waals surface area contributed by atoms with Crippen LogP contribution in [0.2, 0.25) is 0 Å². The number of hydrogen-bond acceptors (Lipinski definition) is 1. The Balaban J connectivity index is 2.41. The molecular weight excluding hydrogens is 165 g/mol. The van der Waals surface area contributed by atoms with Crippen LogP contribution in [0.1, 0.15) is 12.0 Å². The van der Waals surface area contributed by atoms with Crippen molar-refractivity contribution >= 4 is 0 Å². The van der Waals surface area contributed by atoms with Crippen molar-refractivity contribution in [1.82, 2.24) is 0 Å². The Kier molecular flexibility index (Phi) is 4.19. The maximum absolute atomic E-state index is 12.5. The highest BCUT2D eigenvalue weighted by atomic mass is 19.1. The molecule has 0 saturated heterocycles. The summed E-state index contributed by atoms with van der Waals surface area (Å²) >= 11 is 0. The third-order valence-electron chi connectivity index (χ3n) is 1.77. The molecule has 0 atom stereocenters. The molecule has 0 aromatic heterocycles. The van der Waals surface area contributed by atoms with Crippen LogP contribution in [0, 0.1) is 5.82 Å². The lowest BCUT2D eigenvalue weighted by Gasteiger charge is -1.95. The third kappa shape index (κ3) is 3.85. The Morgan fingerprint density at radius 3 is 2.46 bits per heavy atom. The van der Waals surface area contributed by atoms with Gasteiger partial charge < -0.3 is 5.73 Å². The largest absolute Gasteiger partial charge is 0.330 e. The molecule has 0 amide bonds. The monoisotopic (exact) mass is 179 g/mol. The first kappa shape index (κ1) is 9.93. The van der Waals surface area contributed by atoms with E-state index >= 15 is 0 Å². The Hall–Kier alpha value is -1.15. The Morgan fingerprint density at radius 2 is 1.85 bits per heavy atom. The predicted molar refractivity (Wildman–Crippen MR) is 52.9 cm³/mol. The highest BCUT2D eigenvalue weighted by molar-refractivity contribution is 5.18. The molecule has 2 heteroatoms. The van der Waals surface area contributed by atoms with Crippen LogP contribution in [-0.4, -0.2) is 6.54 Å². The van der Waals surface area contributed by atoms with Crippen LogP contribution in [0.4, 0.5) is 4.39 Å². The van der Waals surface area contributed by atoms with Crippen LogP contribution < -0.4 is 5.73 Å². The molecule has 0 radical (unpaired) electrons. The van der Waals surface area contributed by atoms with E-state index in [4.69, 9.17) is 5.73 Å². The SMILES string of the molecule is NCCC=CCc1ccc(F)cc1. The summed E-state index contributed by atoms with van der Waals surface area (Å²) < 4.78 is 12.5. The zero-order valence-electron chi connectivity index (χ0n) is 7.54. The molecule has 0 aliphatic carbocycles. The second kappa shape index (κ2) is 5.49. The number of allylic oxidation sites excluding steroid dienone is 1. The van der Waals surface area contributed by atoms with E-state index in [-0.39, 0.29) is 5.82 Å². The number of nitrogens with two attached hydrogens (primary N) is 1. The molecule has 0 bridgehead atoms. The van der Waals surface area contributed by atoms with E-state index in [1.54, 1.807) is 12.1 Å². The highest BCUT2D eigenvalue weighted by Crippen LogP contribution is 2.03. The van der Waals surface area contributed by atoms with Crippen molar-refractivity contribution in [1.29, 1.82) is 0 Å². The molecule has 0 heterocycles. The van der Waals surface area contributed by atoms with Crippen molar-refractivity contribution in [2.24, 2.45) is 5.73 Å². The number of benzene rings is 1. The van der Waals surface area contributed by atoms with Gasteiger partial charge in [0.05, 0.1) is 0 Å². The van der Waals surface area contributed by atoms with Crippen LogP contribution in [0.3, 0.4) is 0 Å². The fourth-order valence-electron chi connectivity index (χ4n) is 1.05. The van der Waals surface area contributed by atoms with Crippen LogP contribution in [0.15, 0.2) is 36.4 Å². The average Bonchev–Trinajstić information content (AvgIpc) is 2.15. The van der Waals surface area contributed by atoms with E-state index in [2.05, 4.69) is 6.08 Å². The molecule has 0 aliphatic rings. The molecule has 70 valence electrons. The Labute approximate surface area is 78.1 Å². The molecule has 0 aliphatic heterocycles. The lowest BCUT2D eigenvalue weighted by Crippen LogP contribution is -1.95. The summed E-state index contributed by atoms with van der Waals surface area (Å²) in [6.07, 6.45) is 5.85. The first-order valence-electron chi connectivity index (χ1n) is 4.42. The number of halogens is 1. The van der Waals surface area contributed by atoms with E-state index < -0.39 is 0 Å². The van der Waals surface area contributed by atoms with Crippen molar-refractivity contribution in [3.8, 4) is 0 Å². The van der Waals surface area contributed by atoms with E-state index in [0.717, 1.165) is 18.4 Å². The van der Waals surface area contributed by atoms with Crippen molar-refractivity contribution in [3.05, 3.63) is 47.8 Å². The maximum Gasteiger partial charge on any atom is 0.123 e. The molecule has 1 aromatic rings. The van der Waals surface area contributed by atoms with Crippen molar-refractivity contribution in [2.75, 3.05) is 6.54 Å². The summed E-state index contributed by atoms with van der Waals surface area (Å²) in [6, 6.07) is 6.54. The molecule has 0 unspecified atom stereocenters. The van der Waals surface area contributed by atoms with Gasteiger partial charge in [-0.05, 0) is 37.1 Å². The summed E-state index contributed by atoms with van der Waals surface area (Å²) in [5.74, 6) is -0.185. The Bertz CT molecular complexity index is 264. The van der Waals surface area contributed by atoms with E-state index in [1.165, 1.54) is 12.1 Å². The van der Waals surface area contributed by atoms with Crippen molar-refractivity contribution in [3.63, 3.8) is 0 Å². The zero-order valence-corrected chi connectivity index (χ0v) is 7.54. The van der Waals surface area contributed by atoms with Gasteiger partial charge in [0.2, 0.25) is 0 Å². The Morgan fingerprint density at radius 1 is 1.15 bits per heavy atom.